The summed E-state index contributed by atoms with van der Waals surface area (Å²) < 4.78 is 25.6. The average molecular weight is 284 g/mol. The monoisotopic (exact) mass is 283 g/mol. The summed E-state index contributed by atoms with van der Waals surface area (Å²) in [6.45, 7) is -0.640. The molecule has 0 aromatic heterocycles. The van der Waals surface area contributed by atoms with Crippen LogP contribution in [0.5, 0.6) is 0 Å². The minimum Gasteiger partial charge on any atom is -0.352 e. The van der Waals surface area contributed by atoms with Crippen LogP contribution in [0, 0.1) is 0 Å². The largest absolute Gasteiger partial charge is 0.352 e. The van der Waals surface area contributed by atoms with Crippen molar-refractivity contribution < 1.29 is 18.4 Å². The first-order valence-electron chi connectivity index (χ1n) is 5.64. The standard InChI is InChI=1S/C10H15F2N3O2.ClH/c11-10(12)3-7(14-5-10)9(17)13-4-8(16)15-6-1-2-6;/h6-7,14H,1-5H2,(H,13,17)(H,15,16);1H. The molecule has 1 atom stereocenters. The second kappa shape index (κ2) is 5.79. The molecule has 104 valence electrons. The van der Waals surface area contributed by atoms with Crippen molar-refractivity contribution in [3.05, 3.63) is 0 Å². The zero-order chi connectivity index (χ0) is 12.5. The van der Waals surface area contributed by atoms with Crippen molar-refractivity contribution in [3.63, 3.8) is 0 Å². The molecule has 18 heavy (non-hydrogen) atoms. The number of halogens is 3. The van der Waals surface area contributed by atoms with Gasteiger partial charge in [-0.05, 0) is 12.8 Å². The van der Waals surface area contributed by atoms with E-state index in [0.29, 0.717) is 0 Å². The lowest BCUT2D eigenvalue weighted by molar-refractivity contribution is -0.127. The highest BCUT2D eigenvalue weighted by atomic mass is 35.5. The van der Waals surface area contributed by atoms with E-state index < -0.39 is 30.8 Å². The van der Waals surface area contributed by atoms with E-state index in [1.807, 2.05) is 0 Å². The van der Waals surface area contributed by atoms with E-state index in [1.165, 1.54) is 0 Å². The summed E-state index contributed by atoms with van der Waals surface area (Å²) in [5.41, 5.74) is 0. The molecule has 3 N–H and O–H groups in total. The minimum absolute atomic E-state index is 0. The lowest BCUT2D eigenvalue weighted by Gasteiger charge is -2.11. The van der Waals surface area contributed by atoms with Crippen LogP contribution in [0.3, 0.4) is 0 Å². The number of carbonyl (C=O) groups is 2. The van der Waals surface area contributed by atoms with E-state index in [1.54, 1.807) is 0 Å². The van der Waals surface area contributed by atoms with Gasteiger partial charge >= 0.3 is 0 Å². The molecule has 1 aliphatic heterocycles. The Morgan fingerprint density at radius 3 is 2.50 bits per heavy atom. The van der Waals surface area contributed by atoms with Crippen LogP contribution in [-0.2, 0) is 9.59 Å². The maximum atomic E-state index is 12.8. The molecule has 1 aliphatic carbocycles. The molecule has 1 saturated heterocycles. The van der Waals surface area contributed by atoms with Gasteiger partial charge in [0.05, 0.1) is 19.1 Å². The lowest BCUT2D eigenvalue weighted by atomic mass is 10.2. The zero-order valence-corrected chi connectivity index (χ0v) is 10.5. The Kier molecular flexibility index (Phi) is 4.86. The summed E-state index contributed by atoms with van der Waals surface area (Å²) in [6, 6.07) is -0.674. The molecule has 0 aromatic carbocycles. The zero-order valence-electron chi connectivity index (χ0n) is 9.67. The maximum absolute atomic E-state index is 12.8. The van der Waals surface area contributed by atoms with Crippen LogP contribution in [0.25, 0.3) is 0 Å². The molecule has 5 nitrogen and oxygen atoms in total. The van der Waals surface area contributed by atoms with Gasteiger partial charge in [0.15, 0.2) is 0 Å². The normalized spacial score (nSPS) is 25.1. The van der Waals surface area contributed by atoms with Gasteiger partial charge in [0, 0.05) is 12.5 Å². The van der Waals surface area contributed by atoms with Crippen molar-refractivity contribution in [3.8, 4) is 0 Å². The van der Waals surface area contributed by atoms with Gasteiger partial charge < -0.3 is 10.6 Å². The van der Waals surface area contributed by atoms with Gasteiger partial charge in [0.1, 0.15) is 0 Å². The molecule has 1 heterocycles. The quantitative estimate of drug-likeness (QED) is 0.669. The van der Waals surface area contributed by atoms with Crippen molar-refractivity contribution in [1.82, 2.24) is 16.0 Å². The lowest BCUT2D eigenvalue weighted by Crippen LogP contribution is -2.45. The second-order valence-electron chi connectivity index (χ2n) is 4.55. The molecule has 0 spiro atoms. The van der Waals surface area contributed by atoms with Gasteiger partial charge in [-0.3, -0.25) is 14.9 Å². The average Bonchev–Trinajstić information content (AvgIpc) is 2.97. The van der Waals surface area contributed by atoms with Crippen LogP contribution in [0.4, 0.5) is 8.78 Å². The van der Waals surface area contributed by atoms with E-state index in [-0.39, 0.29) is 30.9 Å². The summed E-state index contributed by atoms with van der Waals surface area (Å²) in [6.07, 6.45) is 1.43. The molecule has 1 saturated carbocycles. The highest BCUT2D eigenvalue weighted by Gasteiger charge is 2.42. The Hall–Kier alpha value is -0.950. The molecule has 2 aliphatic rings. The third-order valence-electron chi connectivity index (χ3n) is 2.79. The molecule has 0 aromatic rings. The number of amides is 2. The van der Waals surface area contributed by atoms with Gasteiger partial charge in [0.25, 0.3) is 5.92 Å². The van der Waals surface area contributed by atoms with Crippen molar-refractivity contribution in [2.24, 2.45) is 0 Å². The summed E-state index contributed by atoms with van der Waals surface area (Å²) >= 11 is 0. The third kappa shape index (κ3) is 4.38. The SMILES string of the molecule is Cl.O=C(CNC(=O)C1CC(F)(F)CN1)NC1CC1. The Balaban J connectivity index is 0.00000162. The van der Waals surface area contributed by atoms with Crippen molar-refractivity contribution in [1.29, 1.82) is 0 Å². The molecule has 2 amide bonds. The van der Waals surface area contributed by atoms with Crippen LogP contribution in [0.2, 0.25) is 0 Å². The van der Waals surface area contributed by atoms with Crippen LogP contribution in [0.15, 0.2) is 0 Å². The smallest absolute Gasteiger partial charge is 0.262 e. The summed E-state index contributed by atoms with van der Waals surface area (Å²) in [4.78, 5) is 22.7. The fourth-order valence-corrected chi connectivity index (χ4v) is 1.70. The molecule has 2 rings (SSSR count). The molecule has 0 bridgehead atoms. The third-order valence-corrected chi connectivity index (χ3v) is 2.79. The Bertz CT molecular complexity index is 337. The minimum atomic E-state index is -2.84. The first-order valence-corrected chi connectivity index (χ1v) is 5.64. The summed E-state index contributed by atoms with van der Waals surface area (Å²) in [5, 5.41) is 7.47. The summed E-state index contributed by atoms with van der Waals surface area (Å²) in [7, 11) is 0. The molecular weight excluding hydrogens is 268 g/mol. The van der Waals surface area contributed by atoms with Crippen molar-refractivity contribution >= 4 is 24.2 Å². The van der Waals surface area contributed by atoms with Gasteiger partial charge in [-0.1, -0.05) is 0 Å². The van der Waals surface area contributed by atoms with Gasteiger partial charge in [-0.15, -0.1) is 12.4 Å². The molecule has 2 fully saturated rings. The highest BCUT2D eigenvalue weighted by molar-refractivity contribution is 5.87. The number of hydrogen-bond donors (Lipinski definition) is 3. The Labute approximate surface area is 109 Å². The molecular formula is C10H16ClF2N3O2. The van der Waals surface area contributed by atoms with E-state index in [9.17, 15) is 18.4 Å². The van der Waals surface area contributed by atoms with Gasteiger partial charge in [0.2, 0.25) is 11.8 Å². The topological polar surface area (TPSA) is 70.2 Å². The fourth-order valence-electron chi connectivity index (χ4n) is 1.70. The van der Waals surface area contributed by atoms with Gasteiger partial charge in [-0.25, -0.2) is 8.78 Å². The number of rotatable bonds is 4. The fraction of sp³-hybridized carbons (Fsp3) is 0.800. The van der Waals surface area contributed by atoms with Crippen molar-refractivity contribution in [2.45, 2.75) is 37.3 Å². The first-order chi connectivity index (χ1) is 7.96. The van der Waals surface area contributed by atoms with Crippen LogP contribution >= 0.6 is 12.4 Å². The Morgan fingerprint density at radius 1 is 1.33 bits per heavy atom. The number of carbonyl (C=O) groups excluding carboxylic acids is 2. The van der Waals surface area contributed by atoms with Crippen molar-refractivity contribution in [2.75, 3.05) is 13.1 Å². The highest BCUT2D eigenvalue weighted by Crippen LogP contribution is 2.24. The van der Waals surface area contributed by atoms with E-state index >= 15 is 0 Å². The number of hydrogen-bond acceptors (Lipinski definition) is 3. The van der Waals surface area contributed by atoms with Gasteiger partial charge in [-0.2, -0.15) is 0 Å². The molecule has 8 heteroatoms. The van der Waals surface area contributed by atoms with Crippen LogP contribution in [0.1, 0.15) is 19.3 Å². The molecule has 1 unspecified atom stereocenters. The summed E-state index contributed by atoms with van der Waals surface area (Å²) in [5.74, 6) is -3.66. The van der Waals surface area contributed by atoms with E-state index in [2.05, 4.69) is 16.0 Å². The molecule has 0 radical (unpaired) electrons. The number of nitrogens with one attached hydrogen (secondary N) is 3. The number of alkyl halides is 2. The Morgan fingerprint density at radius 2 is 2.00 bits per heavy atom. The van der Waals surface area contributed by atoms with E-state index in [4.69, 9.17) is 0 Å². The predicted molar refractivity (Wildman–Crippen MR) is 62.8 cm³/mol. The van der Waals surface area contributed by atoms with E-state index in [0.717, 1.165) is 12.8 Å². The second-order valence-corrected chi connectivity index (χ2v) is 4.55. The first kappa shape index (κ1) is 15.1. The maximum Gasteiger partial charge on any atom is 0.262 e. The van der Waals surface area contributed by atoms with Crippen LogP contribution in [-0.4, -0.2) is 42.9 Å². The van der Waals surface area contributed by atoms with Crippen LogP contribution < -0.4 is 16.0 Å². The predicted octanol–water partition coefficient (Wildman–Crippen LogP) is -0.200.